The maximum Gasteiger partial charge on any atom is 0.156 e. The van der Waals surface area contributed by atoms with E-state index in [-0.39, 0.29) is 17.7 Å². The first-order valence-corrected chi connectivity index (χ1v) is 4.93. The third-order valence-electron chi connectivity index (χ3n) is 3.14. The van der Waals surface area contributed by atoms with Gasteiger partial charge in [-0.15, -0.1) is 0 Å². The van der Waals surface area contributed by atoms with Gasteiger partial charge in [-0.05, 0) is 24.5 Å². The zero-order valence-electron chi connectivity index (χ0n) is 8.07. The molecule has 1 saturated carbocycles. The number of nitrogens with zero attached hydrogens (tertiary/aromatic N) is 1. The van der Waals surface area contributed by atoms with Crippen LogP contribution >= 0.6 is 0 Å². The lowest BCUT2D eigenvalue weighted by Gasteiger charge is -2.40. The highest BCUT2D eigenvalue weighted by molar-refractivity contribution is 5.92. The van der Waals surface area contributed by atoms with Crippen molar-refractivity contribution in [3.63, 3.8) is 0 Å². The lowest BCUT2D eigenvalue weighted by atomic mass is 9.62. The van der Waals surface area contributed by atoms with Crippen LogP contribution in [0.2, 0.25) is 0 Å². The number of pyridine rings is 1. The van der Waals surface area contributed by atoms with Crippen LogP contribution in [0, 0.1) is 0 Å². The number of hydrogen-bond donors (Lipinski definition) is 1. The summed E-state index contributed by atoms with van der Waals surface area (Å²) in [7, 11) is 0. The Morgan fingerprint density at radius 3 is 2.79 bits per heavy atom. The Kier molecular flexibility index (Phi) is 2.33. The maximum atomic E-state index is 11.8. The molecule has 0 bridgehead atoms. The summed E-state index contributed by atoms with van der Waals surface area (Å²) in [6.07, 6.45) is 6.47. The minimum Gasteiger partial charge on any atom is -0.324 e. The summed E-state index contributed by atoms with van der Waals surface area (Å²) in [5.74, 6) is 0.150. The smallest absolute Gasteiger partial charge is 0.156 e. The largest absolute Gasteiger partial charge is 0.324 e. The first kappa shape index (κ1) is 9.34. The van der Waals surface area contributed by atoms with E-state index < -0.39 is 0 Å². The first-order valence-electron chi connectivity index (χ1n) is 4.93. The highest BCUT2D eigenvalue weighted by atomic mass is 16.1. The van der Waals surface area contributed by atoms with Gasteiger partial charge in [0.15, 0.2) is 5.78 Å². The number of nitrogens with two attached hydrogens (primary N) is 1. The summed E-state index contributed by atoms with van der Waals surface area (Å²) in [6.45, 7) is 0.134. The van der Waals surface area contributed by atoms with Crippen molar-refractivity contribution in [1.29, 1.82) is 0 Å². The van der Waals surface area contributed by atoms with Crippen LogP contribution in [0.1, 0.15) is 24.8 Å². The monoisotopic (exact) mass is 190 g/mol. The van der Waals surface area contributed by atoms with Crippen LogP contribution in [0.15, 0.2) is 24.5 Å². The van der Waals surface area contributed by atoms with Gasteiger partial charge in [0.1, 0.15) is 0 Å². The van der Waals surface area contributed by atoms with Gasteiger partial charge in [-0.1, -0.05) is 12.5 Å². The zero-order chi connectivity index (χ0) is 10.0. The molecule has 3 heteroatoms. The van der Waals surface area contributed by atoms with Gasteiger partial charge in [-0.25, -0.2) is 0 Å². The summed E-state index contributed by atoms with van der Waals surface area (Å²) < 4.78 is 0. The summed E-state index contributed by atoms with van der Waals surface area (Å²) >= 11 is 0. The molecule has 0 spiro atoms. The van der Waals surface area contributed by atoms with Crippen LogP contribution in [-0.2, 0) is 10.2 Å². The van der Waals surface area contributed by atoms with Crippen molar-refractivity contribution in [2.45, 2.75) is 24.7 Å². The molecule has 3 nitrogen and oxygen atoms in total. The van der Waals surface area contributed by atoms with E-state index in [0.29, 0.717) is 0 Å². The van der Waals surface area contributed by atoms with E-state index >= 15 is 0 Å². The Bertz CT molecular complexity index is 330. The van der Waals surface area contributed by atoms with Gasteiger partial charge in [0.05, 0.1) is 12.0 Å². The van der Waals surface area contributed by atoms with Crippen molar-refractivity contribution < 1.29 is 4.79 Å². The number of Topliss-reactive ketones (excluding diaryl/α,β-unsaturated/α-hetero) is 1. The van der Waals surface area contributed by atoms with Crippen LogP contribution in [0.25, 0.3) is 0 Å². The molecular formula is C11H14N2O. The van der Waals surface area contributed by atoms with E-state index in [1.807, 2.05) is 12.1 Å². The van der Waals surface area contributed by atoms with E-state index in [0.717, 1.165) is 24.8 Å². The first-order chi connectivity index (χ1) is 6.79. The molecular weight excluding hydrogens is 176 g/mol. The fraction of sp³-hybridized carbons (Fsp3) is 0.455. The zero-order valence-corrected chi connectivity index (χ0v) is 8.07. The molecule has 0 amide bonds. The summed E-state index contributed by atoms with van der Waals surface area (Å²) in [5, 5.41) is 0. The Morgan fingerprint density at radius 2 is 2.36 bits per heavy atom. The molecule has 1 fully saturated rings. The van der Waals surface area contributed by atoms with Gasteiger partial charge >= 0.3 is 0 Å². The number of rotatable bonds is 3. The molecule has 0 unspecified atom stereocenters. The molecule has 2 rings (SSSR count). The summed E-state index contributed by atoms with van der Waals surface area (Å²) in [6, 6.07) is 3.85. The molecule has 1 aromatic heterocycles. The van der Waals surface area contributed by atoms with Crippen LogP contribution in [0.4, 0.5) is 0 Å². The molecule has 74 valence electrons. The number of carbonyl (C=O) groups excluding carboxylic acids is 1. The standard InChI is InChI=1S/C11H14N2O/c12-7-10(14)11(4-2-5-11)9-3-1-6-13-8-9/h1,3,6,8H,2,4-5,7,12H2. The predicted octanol–water partition coefficient (Wildman–Crippen LogP) is 1.03. The number of ketones is 1. The fourth-order valence-corrected chi connectivity index (χ4v) is 2.10. The molecule has 1 aromatic rings. The van der Waals surface area contributed by atoms with E-state index in [2.05, 4.69) is 4.98 Å². The minimum absolute atomic E-state index is 0.134. The Morgan fingerprint density at radius 1 is 1.57 bits per heavy atom. The Hall–Kier alpha value is -1.22. The van der Waals surface area contributed by atoms with Crippen molar-refractivity contribution in [2.75, 3.05) is 6.54 Å². The van der Waals surface area contributed by atoms with Gasteiger partial charge in [-0.3, -0.25) is 9.78 Å². The quantitative estimate of drug-likeness (QED) is 0.774. The second kappa shape index (κ2) is 3.50. The Labute approximate surface area is 83.3 Å². The molecule has 0 saturated heterocycles. The van der Waals surface area contributed by atoms with Crippen LogP contribution in [0.3, 0.4) is 0 Å². The Balaban J connectivity index is 2.34. The second-order valence-corrected chi connectivity index (χ2v) is 3.80. The number of aromatic nitrogens is 1. The van der Waals surface area contributed by atoms with Crippen molar-refractivity contribution in [3.05, 3.63) is 30.1 Å². The molecule has 1 aliphatic rings. The van der Waals surface area contributed by atoms with Crippen LogP contribution < -0.4 is 5.73 Å². The summed E-state index contributed by atoms with van der Waals surface area (Å²) in [5.41, 5.74) is 6.16. The van der Waals surface area contributed by atoms with Crippen molar-refractivity contribution in [1.82, 2.24) is 4.98 Å². The molecule has 0 radical (unpaired) electrons. The van der Waals surface area contributed by atoms with Gasteiger partial charge in [0.25, 0.3) is 0 Å². The second-order valence-electron chi connectivity index (χ2n) is 3.80. The lowest BCUT2D eigenvalue weighted by Crippen LogP contribution is -2.45. The molecule has 1 aliphatic carbocycles. The maximum absolute atomic E-state index is 11.8. The SMILES string of the molecule is NCC(=O)C1(c2cccnc2)CCC1. The van der Waals surface area contributed by atoms with Crippen LogP contribution in [-0.4, -0.2) is 17.3 Å². The minimum atomic E-state index is -0.303. The van der Waals surface area contributed by atoms with E-state index in [1.54, 1.807) is 12.4 Å². The topological polar surface area (TPSA) is 56.0 Å². The van der Waals surface area contributed by atoms with Gasteiger partial charge in [0, 0.05) is 12.4 Å². The van der Waals surface area contributed by atoms with E-state index in [4.69, 9.17) is 5.73 Å². The average molecular weight is 190 g/mol. The molecule has 14 heavy (non-hydrogen) atoms. The normalized spacial score (nSPS) is 18.6. The van der Waals surface area contributed by atoms with Gasteiger partial charge in [-0.2, -0.15) is 0 Å². The fourth-order valence-electron chi connectivity index (χ4n) is 2.10. The molecule has 0 aromatic carbocycles. The predicted molar refractivity (Wildman–Crippen MR) is 53.8 cm³/mol. The highest BCUT2D eigenvalue weighted by Gasteiger charge is 2.44. The van der Waals surface area contributed by atoms with E-state index in [1.165, 1.54) is 0 Å². The van der Waals surface area contributed by atoms with Crippen molar-refractivity contribution >= 4 is 5.78 Å². The average Bonchev–Trinajstić information content (AvgIpc) is 2.17. The van der Waals surface area contributed by atoms with Gasteiger partial charge < -0.3 is 5.73 Å². The molecule has 2 N–H and O–H groups in total. The third-order valence-corrected chi connectivity index (χ3v) is 3.14. The summed E-state index contributed by atoms with van der Waals surface area (Å²) in [4.78, 5) is 15.8. The third kappa shape index (κ3) is 1.24. The highest BCUT2D eigenvalue weighted by Crippen LogP contribution is 2.43. The van der Waals surface area contributed by atoms with E-state index in [9.17, 15) is 4.79 Å². The number of hydrogen-bond acceptors (Lipinski definition) is 3. The van der Waals surface area contributed by atoms with Gasteiger partial charge in [0.2, 0.25) is 0 Å². The van der Waals surface area contributed by atoms with Crippen molar-refractivity contribution in [3.8, 4) is 0 Å². The lowest BCUT2D eigenvalue weighted by molar-refractivity contribution is -0.126. The number of carbonyl (C=O) groups is 1. The molecule has 0 aliphatic heterocycles. The molecule has 1 heterocycles. The van der Waals surface area contributed by atoms with Crippen LogP contribution in [0.5, 0.6) is 0 Å². The molecule has 0 atom stereocenters. The van der Waals surface area contributed by atoms with Crippen molar-refractivity contribution in [2.24, 2.45) is 5.73 Å².